The third kappa shape index (κ3) is 4.11. The highest BCUT2D eigenvalue weighted by Crippen LogP contribution is 2.34. The molecule has 112 valence electrons. The van der Waals surface area contributed by atoms with E-state index in [9.17, 15) is 17.6 Å². The summed E-state index contributed by atoms with van der Waals surface area (Å²) in [5.41, 5.74) is 0.164. The molecule has 0 unspecified atom stereocenters. The van der Waals surface area contributed by atoms with Crippen LogP contribution >= 0.6 is 27.5 Å². The van der Waals surface area contributed by atoms with E-state index in [4.69, 9.17) is 11.6 Å². The Kier molecular flexibility index (Phi) is 4.78. The molecule has 0 radical (unpaired) electrons. The zero-order valence-electron chi connectivity index (χ0n) is 10.4. The van der Waals surface area contributed by atoms with E-state index in [2.05, 4.69) is 21.2 Å². The first-order chi connectivity index (χ1) is 9.77. The molecule has 2 aromatic rings. The van der Waals surface area contributed by atoms with Crippen molar-refractivity contribution < 1.29 is 17.6 Å². The minimum atomic E-state index is -4.44. The predicted octanol–water partition coefficient (Wildman–Crippen LogP) is 5.87. The Hall–Kier alpha value is -1.27. The van der Waals surface area contributed by atoms with Crippen LogP contribution in [0, 0.1) is 5.82 Å². The molecule has 21 heavy (non-hydrogen) atoms. The zero-order valence-corrected chi connectivity index (χ0v) is 12.8. The highest BCUT2D eigenvalue weighted by molar-refractivity contribution is 9.10. The minimum absolute atomic E-state index is 0.0441. The molecule has 0 amide bonds. The number of nitrogens with one attached hydrogen (secondary N) is 1. The van der Waals surface area contributed by atoms with Gasteiger partial charge in [0.2, 0.25) is 0 Å². The number of anilines is 1. The Morgan fingerprint density at radius 3 is 2.43 bits per heavy atom. The van der Waals surface area contributed by atoms with Crippen LogP contribution in [0.25, 0.3) is 0 Å². The summed E-state index contributed by atoms with van der Waals surface area (Å²) in [5, 5.41) is 2.84. The Morgan fingerprint density at radius 1 is 1.10 bits per heavy atom. The fourth-order valence-corrected chi connectivity index (χ4v) is 2.34. The summed E-state index contributed by atoms with van der Waals surface area (Å²) in [6, 6.07) is 7.23. The molecule has 2 rings (SSSR count). The second kappa shape index (κ2) is 6.23. The standard InChI is InChI=1S/C14H9BrClF4N/c15-11-3-2-10(17)5-8(11)7-21-13-4-1-9(6-12(13)16)14(18,19)20/h1-6,21H,7H2. The number of hydrogen-bond acceptors (Lipinski definition) is 1. The van der Waals surface area contributed by atoms with Gasteiger partial charge in [0.1, 0.15) is 5.82 Å². The molecule has 0 atom stereocenters. The summed E-state index contributed by atoms with van der Waals surface area (Å²) in [6.45, 7) is 0.226. The molecular weight excluding hydrogens is 374 g/mol. The first-order valence-electron chi connectivity index (χ1n) is 5.82. The maximum atomic E-state index is 13.1. The van der Waals surface area contributed by atoms with Crippen molar-refractivity contribution in [1.29, 1.82) is 0 Å². The van der Waals surface area contributed by atoms with Crippen molar-refractivity contribution in [3.63, 3.8) is 0 Å². The monoisotopic (exact) mass is 381 g/mol. The number of benzene rings is 2. The number of hydrogen-bond donors (Lipinski definition) is 1. The van der Waals surface area contributed by atoms with Gasteiger partial charge in [0, 0.05) is 11.0 Å². The molecule has 7 heteroatoms. The predicted molar refractivity (Wildman–Crippen MR) is 77.9 cm³/mol. The average molecular weight is 383 g/mol. The molecule has 2 aromatic carbocycles. The molecule has 0 saturated carbocycles. The maximum absolute atomic E-state index is 13.1. The van der Waals surface area contributed by atoms with Crippen LogP contribution in [0.4, 0.5) is 23.2 Å². The lowest BCUT2D eigenvalue weighted by Crippen LogP contribution is -2.06. The summed E-state index contributed by atoms with van der Waals surface area (Å²) in [4.78, 5) is 0. The van der Waals surface area contributed by atoms with Gasteiger partial charge in [-0.05, 0) is 42.0 Å². The van der Waals surface area contributed by atoms with E-state index in [0.29, 0.717) is 15.7 Å². The lowest BCUT2D eigenvalue weighted by atomic mass is 10.2. The van der Waals surface area contributed by atoms with Crippen molar-refractivity contribution in [1.82, 2.24) is 0 Å². The third-order valence-corrected chi connectivity index (χ3v) is 3.86. The van der Waals surface area contributed by atoms with Crippen LogP contribution in [0.3, 0.4) is 0 Å². The minimum Gasteiger partial charge on any atom is -0.380 e. The molecule has 0 heterocycles. The lowest BCUT2D eigenvalue weighted by molar-refractivity contribution is -0.137. The number of rotatable bonds is 3. The fourth-order valence-electron chi connectivity index (χ4n) is 1.70. The van der Waals surface area contributed by atoms with Crippen LogP contribution < -0.4 is 5.32 Å². The Balaban J connectivity index is 2.15. The van der Waals surface area contributed by atoms with Crippen molar-refractivity contribution in [2.45, 2.75) is 12.7 Å². The summed E-state index contributed by atoms with van der Waals surface area (Å²) in [7, 11) is 0. The highest BCUT2D eigenvalue weighted by Gasteiger charge is 2.30. The van der Waals surface area contributed by atoms with Crippen LogP contribution in [0.5, 0.6) is 0 Å². The van der Waals surface area contributed by atoms with E-state index in [0.717, 1.165) is 12.1 Å². The van der Waals surface area contributed by atoms with Crippen molar-refractivity contribution in [2.75, 3.05) is 5.32 Å². The van der Waals surface area contributed by atoms with Gasteiger partial charge in [-0.2, -0.15) is 13.2 Å². The largest absolute Gasteiger partial charge is 0.416 e. The van der Waals surface area contributed by atoms with Crippen LogP contribution in [0.1, 0.15) is 11.1 Å². The second-order valence-corrected chi connectivity index (χ2v) is 5.54. The second-order valence-electron chi connectivity index (χ2n) is 4.28. The smallest absolute Gasteiger partial charge is 0.380 e. The molecule has 0 aliphatic heterocycles. The molecule has 0 fully saturated rings. The molecule has 1 nitrogen and oxygen atoms in total. The van der Waals surface area contributed by atoms with Gasteiger partial charge < -0.3 is 5.32 Å². The number of alkyl halides is 3. The van der Waals surface area contributed by atoms with Gasteiger partial charge in [-0.1, -0.05) is 27.5 Å². The van der Waals surface area contributed by atoms with Gasteiger partial charge in [0.25, 0.3) is 0 Å². The summed E-state index contributed by atoms with van der Waals surface area (Å²) in [6.07, 6.45) is -4.44. The van der Waals surface area contributed by atoms with Crippen molar-refractivity contribution in [3.8, 4) is 0 Å². The topological polar surface area (TPSA) is 12.0 Å². The number of halogens is 6. The van der Waals surface area contributed by atoms with E-state index < -0.39 is 17.6 Å². The van der Waals surface area contributed by atoms with Gasteiger partial charge in [-0.25, -0.2) is 4.39 Å². The first-order valence-corrected chi connectivity index (χ1v) is 6.99. The van der Waals surface area contributed by atoms with Crippen LogP contribution in [-0.2, 0) is 12.7 Å². The average Bonchev–Trinajstić information content (AvgIpc) is 2.40. The van der Waals surface area contributed by atoms with Gasteiger partial charge >= 0.3 is 6.18 Å². The Morgan fingerprint density at radius 2 is 1.81 bits per heavy atom. The molecule has 1 N–H and O–H groups in total. The van der Waals surface area contributed by atoms with Crippen molar-refractivity contribution in [3.05, 3.63) is 62.8 Å². The Labute approximate surface area is 132 Å². The molecule has 0 aromatic heterocycles. The van der Waals surface area contributed by atoms with Gasteiger partial charge in [-0.15, -0.1) is 0 Å². The quantitative estimate of drug-likeness (QED) is 0.654. The van der Waals surface area contributed by atoms with Crippen LogP contribution in [-0.4, -0.2) is 0 Å². The summed E-state index contributed by atoms with van der Waals surface area (Å²) < 4.78 is 51.4. The summed E-state index contributed by atoms with van der Waals surface area (Å²) in [5.74, 6) is -0.395. The van der Waals surface area contributed by atoms with E-state index >= 15 is 0 Å². The first kappa shape index (κ1) is 16.1. The third-order valence-electron chi connectivity index (χ3n) is 2.77. The van der Waals surface area contributed by atoms with Crippen LogP contribution in [0.2, 0.25) is 5.02 Å². The van der Waals surface area contributed by atoms with Gasteiger partial charge in [0.15, 0.2) is 0 Å². The van der Waals surface area contributed by atoms with Crippen LogP contribution in [0.15, 0.2) is 40.9 Å². The fraction of sp³-hybridized carbons (Fsp3) is 0.143. The lowest BCUT2D eigenvalue weighted by Gasteiger charge is -2.12. The normalized spacial score (nSPS) is 11.5. The molecule has 0 saturated heterocycles. The highest BCUT2D eigenvalue weighted by atomic mass is 79.9. The molecule has 0 aliphatic rings. The maximum Gasteiger partial charge on any atom is 0.416 e. The van der Waals surface area contributed by atoms with E-state index in [-0.39, 0.29) is 11.6 Å². The van der Waals surface area contributed by atoms with Crippen molar-refractivity contribution in [2.24, 2.45) is 0 Å². The zero-order chi connectivity index (χ0) is 15.6. The Bertz CT molecular complexity index is 658. The van der Waals surface area contributed by atoms with Crippen molar-refractivity contribution >= 4 is 33.2 Å². The van der Waals surface area contributed by atoms with Gasteiger partial charge in [-0.3, -0.25) is 0 Å². The molecule has 0 aliphatic carbocycles. The van der Waals surface area contributed by atoms with E-state index in [1.165, 1.54) is 18.2 Å². The molecular formula is C14H9BrClF4N. The van der Waals surface area contributed by atoms with E-state index in [1.807, 2.05) is 0 Å². The molecule has 0 spiro atoms. The summed E-state index contributed by atoms with van der Waals surface area (Å²) >= 11 is 9.10. The van der Waals surface area contributed by atoms with Gasteiger partial charge in [0.05, 0.1) is 16.3 Å². The molecule has 0 bridgehead atoms. The SMILES string of the molecule is Fc1ccc(Br)c(CNc2ccc(C(F)(F)F)cc2Cl)c1. The van der Waals surface area contributed by atoms with E-state index in [1.54, 1.807) is 6.07 Å².